The quantitative estimate of drug-likeness (QED) is 0.813. The van der Waals surface area contributed by atoms with Crippen LogP contribution < -0.4 is 14.8 Å². The summed E-state index contributed by atoms with van der Waals surface area (Å²) in [6.45, 7) is 1.96. The van der Waals surface area contributed by atoms with E-state index < -0.39 is 0 Å². The summed E-state index contributed by atoms with van der Waals surface area (Å²) < 4.78 is 11.7. The van der Waals surface area contributed by atoms with Crippen molar-refractivity contribution in [1.82, 2.24) is 0 Å². The smallest absolute Gasteiger partial charge is 0.224 e. The molecular weight excluding hydrogens is 358 g/mol. The maximum absolute atomic E-state index is 12.2. The van der Waals surface area contributed by atoms with Gasteiger partial charge in [-0.05, 0) is 48.7 Å². The van der Waals surface area contributed by atoms with Crippen molar-refractivity contribution in [1.29, 1.82) is 0 Å². The molecule has 0 saturated heterocycles. The third kappa shape index (κ3) is 4.48. The standard InChI is InChI=1S/C18H20BrNO3/c1-12-11-14(19)8-9-15(12)20-17(21)10-7-13-5-4-6-16(22-2)18(13)23-3/h4-6,8-9,11H,7,10H2,1-3H3,(H,20,21). The SMILES string of the molecule is COc1cccc(CCC(=O)Nc2ccc(Br)cc2C)c1OC. The third-order valence-electron chi connectivity index (χ3n) is 3.57. The average molecular weight is 378 g/mol. The maximum atomic E-state index is 12.2. The van der Waals surface area contributed by atoms with Crippen LogP contribution in [0.15, 0.2) is 40.9 Å². The highest BCUT2D eigenvalue weighted by molar-refractivity contribution is 9.10. The Hall–Kier alpha value is -2.01. The number of hydrogen-bond donors (Lipinski definition) is 1. The highest BCUT2D eigenvalue weighted by Crippen LogP contribution is 2.31. The van der Waals surface area contributed by atoms with Crippen LogP contribution in [-0.2, 0) is 11.2 Å². The minimum absolute atomic E-state index is 0.0275. The van der Waals surface area contributed by atoms with Gasteiger partial charge in [0.1, 0.15) is 0 Å². The molecule has 2 aromatic rings. The first-order valence-electron chi connectivity index (χ1n) is 7.31. The Labute approximate surface area is 144 Å². The molecule has 1 amide bonds. The molecule has 23 heavy (non-hydrogen) atoms. The van der Waals surface area contributed by atoms with Gasteiger partial charge in [-0.3, -0.25) is 4.79 Å². The Morgan fingerprint density at radius 2 is 1.96 bits per heavy atom. The van der Waals surface area contributed by atoms with Gasteiger partial charge in [-0.2, -0.15) is 0 Å². The van der Waals surface area contributed by atoms with Gasteiger partial charge in [0.25, 0.3) is 0 Å². The Morgan fingerprint density at radius 3 is 2.61 bits per heavy atom. The van der Waals surface area contributed by atoms with Gasteiger partial charge in [0.15, 0.2) is 11.5 Å². The number of rotatable bonds is 6. The lowest BCUT2D eigenvalue weighted by atomic mass is 10.1. The molecule has 0 aliphatic rings. The van der Waals surface area contributed by atoms with Crippen molar-refractivity contribution in [3.63, 3.8) is 0 Å². The van der Waals surface area contributed by atoms with E-state index in [1.807, 2.05) is 43.3 Å². The minimum Gasteiger partial charge on any atom is -0.493 e. The predicted molar refractivity (Wildman–Crippen MR) is 95.4 cm³/mol. The van der Waals surface area contributed by atoms with Crippen LogP contribution in [0.5, 0.6) is 11.5 Å². The van der Waals surface area contributed by atoms with Crippen LogP contribution in [0.25, 0.3) is 0 Å². The molecule has 0 aliphatic carbocycles. The fraction of sp³-hybridized carbons (Fsp3) is 0.278. The largest absolute Gasteiger partial charge is 0.493 e. The summed E-state index contributed by atoms with van der Waals surface area (Å²) >= 11 is 3.41. The molecule has 2 aromatic carbocycles. The van der Waals surface area contributed by atoms with E-state index >= 15 is 0 Å². The van der Waals surface area contributed by atoms with E-state index in [1.165, 1.54) is 0 Å². The molecule has 0 saturated carbocycles. The number of para-hydroxylation sites is 1. The molecule has 2 rings (SSSR count). The maximum Gasteiger partial charge on any atom is 0.224 e. The first kappa shape index (κ1) is 17.3. The van der Waals surface area contributed by atoms with E-state index in [1.54, 1.807) is 14.2 Å². The number of hydrogen-bond acceptors (Lipinski definition) is 3. The van der Waals surface area contributed by atoms with E-state index in [4.69, 9.17) is 9.47 Å². The van der Waals surface area contributed by atoms with E-state index in [-0.39, 0.29) is 5.91 Å². The van der Waals surface area contributed by atoms with Gasteiger partial charge in [0.2, 0.25) is 5.91 Å². The van der Waals surface area contributed by atoms with Crippen LogP contribution in [-0.4, -0.2) is 20.1 Å². The van der Waals surface area contributed by atoms with E-state index in [0.29, 0.717) is 24.3 Å². The number of benzene rings is 2. The average Bonchev–Trinajstić information content (AvgIpc) is 2.55. The zero-order valence-electron chi connectivity index (χ0n) is 13.5. The fourth-order valence-electron chi connectivity index (χ4n) is 2.38. The van der Waals surface area contributed by atoms with Gasteiger partial charge in [-0.25, -0.2) is 0 Å². The Kier molecular flexibility index (Phi) is 6.04. The Balaban J connectivity index is 2.02. The number of anilines is 1. The molecule has 4 nitrogen and oxygen atoms in total. The zero-order valence-corrected chi connectivity index (χ0v) is 15.1. The molecule has 122 valence electrons. The first-order valence-corrected chi connectivity index (χ1v) is 8.10. The molecule has 0 aliphatic heterocycles. The van der Waals surface area contributed by atoms with Gasteiger partial charge in [0.05, 0.1) is 14.2 Å². The Bertz CT molecular complexity index is 701. The summed E-state index contributed by atoms with van der Waals surface area (Å²) in [7, 11) is 3.21. The molecular formula is C18H20BrNO3. The van der Waals surface area contributed by atoms with Gasteiger partial charge in [-0.1, -0.05) is 28.1 Å². The topological polar surface area (TPSA) is 47.6 Å². The number of halogens is 1. The van der Waals surface area contributed by atoms with E-state index in [2.05, 4.69) is 21.2 Å². The second-order valence-corrected chi connectivity index (χ2v) is 6.08. The van der Waals surface area contributed by atoms with Crippen molar-refractivity contribution in [2.24, 2.45) is 0 Å². The van der Waals surface area contributed by atoms with Crippen LogP contribution in [0.4, 0.5) is 5.69 Å². The first-order chi connectivity index (χ1) is 11.0. The summed E-state index contributed by atoms with van der Waals surface area (Å²) in [6, 6.07) is 11.5. The normalized spacial score (nSPS) is 10.3. The molecule has 0 atom stereocenters. The monoisotopic (exact) mass is 377 g/mol. The summed E-state index contributed by atoms with van der Waals surface area (Å²) in [5.41, 5.74) is 2.80. The fourth-order valence-corrected chi connectivity index (χ4v) is 2.85. The lowest BCUT2D eigenvalue weighted by Gasteiger charge is -2.13. The van der Waals surface area contributed by atoms with Crippen LogP contribution in [0, 0.1) is 6.92 Å². The molecule has 0 fully saturated rings. The van der Waals surface area contributed by atoms with Gasteiger partial charge >= 0.3 is 0 Å². The predicted octanol–water partition coefficient (Wildman–Crippen LogP) is 4.35. The second-order valence-electron chi connectivity index (χ2n) is 5.16. The molecule has 0 spiro atoms. The lowest BCUT2D eigenvalue weighted by molar-refractivity contribution is -0.116. The van der Waals surface area contributed by atoms with Crippen LogP contribution in [0.3, 0.4) is 0 Å². The van der Waals surface area contributed by atoms with Gasteiger partial charge in [0, 0.05) is 16.6 Å². The number of carbonyl (C=O) groups is 1. The van der Waals surface area contributed by atoms with Crippen molar-refractivity contribution in [2.75, 3.05) is 19.5 Å². The number of aryl methyl sites for hydroxylation is 2. The number of amides is 1. The number of ether oxygens (including phenoxy) is 2. The molecule has 0 radical (unpaired) electrons. The van der Waals surface area contributed by atoms with Crippen molar-refractivity contribution in [3.8, 4) is 11.5 Å². The molecule has 5 heteroatoms. The highest BCUT2D eigenvalue weighted by atomic mass is 79.9. The van der Waals surface area contributed by atoms with Crippen LogP contribution >= 0.6 is 15.9 Å². The van der Waals surface area contributed by atoms with Gasteiger partial charge in [-0.15, -0.1) is 0 Å². The summed E-state index contributed by atoms with van der Waals surface area (Å²) in [5.74, 6) is 1.33. The molecule has 1 N–H and O–H groups in total. The zero-order chi connectivity index (χ0) is 16.8. The summed E-state index contributed by atoms with van der Waals surface area (Å²) in [6.07, 6.45) is 0.959. The van der Waals surface area contributed by atoms with Crippen molar-refractivity contribution < 1.29 is 14.3 Å². The third-order valence-corrected chi connectivity index (χ3v) is 4.06. The minimum atomic E-state index is -0.0275. The summed E-state index contributed by atoms with van der Waals surface area (Å²) in [5, 5.41) is 2.94. The molecule has 0 unspecified atom stereocenters. The van der Waals surface area contributed by atoms with Crippen LogP contribution in [0.2, 0.25) is 0 Å². The van der Waals surface area contributed by atoms with Crippen molar-refractivity contribution >= 4 is 27.5 Å². The van der Waals surface area contributed by atoms with E-state index in [0.717, 1.165) is 21.3 Å². The van der Waals surface area contributed by atoms with Crippen molar-refractivity contribution in [3.05, 3.63) is 52.0 Å². The second kappa shape index (κ2) is 8.02. The molecule has 0 aromatic heterocycles. The number of methoxy groups -OCH3 is 2. The number of nitrogens with one attached hydrogen (secondary N) is 1. The van der Waals surface area contributed by atoms with E-state index in [9.17, 15) is 4.79 Å². The highest BCUT2D eigenvalue weighted by Gasteiger charge is 2.12. The summed E-state index contributed by atoms with van der Waals surface area (Å²) in [4.78, 5) is 12.2. The molecule has 0 bridgehead atoms. The Morgan fingerprint density at radius 1 is 1.17 bits per heavy atom. The van der Waals surface area contributed by atoms with Gasteiger partial charge < -0.3 is 14.8 Å². The van der Waals surface area contributed by atoms with Crippen molar-refractivity contribution in [2.45, 2.75) is 19.8 Å². The molecule has 0 heterocycles. The number of carbonyl (C=O) groups excluding carboxylic acids is 1. The lowest BCUT2D eigenvalue weighted by Crippen LogP contribution is -2.13. The van der Waals surface area contributed by atoms with Crippen LogP contribution in [0.1, 0.15) is 17.5 Å².